The molecule has 0 N–H and O–H groups in total. The zero-order valence-electron chi connectivity index (χ0n) is 17.6. The zero-order valence-corrected chi connectivity index (χ0v) is 17.6. The summed E-state index contributed by atoms with van der Waals surface area (Å²) in [6.07, 6.45) is -0.573. The van der Waals surface area contributed by atoms with Gasteiger partial charge < -0.3 is 14.2 Å². The van der Waals surface area contributed by atoms with E-state index in [2.05, 4.69) is 4.99 Å². The molecule has 1 aromatic rings. The summed E-state index contributed by atoms with van der Waals surface area (Å²) in [5, 5.41) is 0. The van der Waals surface area contributed by atoms with E-state index in [1.165, 1.54) is 0 Å². The molecule has 1 aromatic carbocycles. The summed E-state index contributed by atoms with van der Waals surface area (Å²) < 4.78 is 16.5. The molecule has 0 spiro atoms. The van der Waals surface area contributed by atoms with Crippen molar-refractivity contribution in [3.05, 3.63) is 41.1 Å². The lowest BCUT2D eigenvalue weighted by atomic mass is 9.75. The van der Waals surface area contributed by atoms with Crippen LogP contribution in [0, 0.1) is 5.92 Å². The molecule has 0 saturated carbocycles. The minimum Gasteiger partial charge on any atom is -0.496 e. The van der Waals surface area contributed by atoms with Crippen LogP contribution in [0.15, 0.2) is 40.5 Å². The van der Waals surface area contributed by atoms with Crippen molar-refractivity contribution in [3.63, 3.8) is 0 Å². The van der Waals surface area contributed by atoms with Crippen molar-refractivity contribution in [2.45, 2.75) is 59.7 Å². The average molecular weight is 387 g/mol. The van der Waals surface area contributed by atoms with Crippen LogP contribution in [0.4, 0.5) is 0 Å². The largest absolute Gasteiger partial charge is 0.496 e. The Morgan fingerprint density at radius 2 is 1.61 bits per heavy atom. The highest BCUT2D eigenvalue weighted by Gasteiger charge is 2.43. The number of esters is 2. The number of hydrogen-bond acceptors (Lipinski definition) is 6. The summed E-state index contributed by atoms with van der Waals surface area (Å²) in [5.41, 5.74) is 2.21. The highest BCUT2D eigenvalue weighted by atomic mass is 16.5. The SMILES string of the molecule is COc1ccccc1C1C(C(=O)OC(C)C)=C(C)N=C(C)C1C(=O)OC(C)C. The highest BCUT2D eigenvalue weighted by molar-refractivity contribution is 6.07. The second-order valence-corrected chi connectivity index (χ2v) is 7.39. The number of hydrogen-bond donors (Lipinski definition) is 0. The number of nitrogens with zero attached hydrogens (tertiary/aromatic N) is 1. The quantitative estimate of drug-likeness (QED) is 0.689. The van der Waals surface area contributed by atoms with E-state index in [9.17, 15) is 9.59 Å². The van der Waals surface area contributed by atoms with E-state index in [-0.39, 0.29) is 12.2 Å². The third-order valence-corrected chi connectivity index (χ3v) is 4.47. The van der Waals surface area contributed by atoms with Crippen LogP contribution in [0.1, 0.15) is 53.0 Å². The predicted molar refractivity (Wildman–Crippen MR) is 107 cm³/mol. The fourth-order valence-corrected chi connectivity index (χ4v) is 3.45. The van der Waals surface area contributed by atoms with Gasteiger partial charge in [-0.25, -0.2) is 4.79 Å². The lowest BCUT2D eigenvalue weighted by Gasteiger charge is -2.33. The van der Waals surface area contributed by atoms with Gasteiger partial charge in [-0.1, -0.05) is 18.2 Å². The summed E-state index contributed by atoms with van der Waals surface area (Å²) in [6.45, 7) is 10.7. The van der Waals surface area contributed by atoms with Gasteiger partial charge in [-0.05, 0) is 47.6 Å². The van der Waals surface area contributed by atoms with Crippen molar-refractivity contribution in [1.29, 1.82) is 0 Å². The maximum Gasteiger partial charge on any atom is 0.336 e. The molecule has 28 heavy (non-hydrogen) atoms. The van der Waals surface area contributed by atoms with E-state index < -0.39 is 23.8 Å². The number of carbonyl (C=O) groups excluding carboxylic acids is 2. The van der Waals surface area contributed by atoms with Gasteiger partial charge >= 0.3 is 11.9 Å². The Labute approximate surface area is 166 Å². The van der Waals surface area contributed by atoms with Crippen LogP contribution >= 0.6 is 0 Å². The van der Waals surface area contributed by atoms with Crippen LogP contribution in [-0.4, -0.2) is 37.0 Å². The molecular weight excluding hydrogens is 358 g/mol. The van der Waals surface area contributed by atoms with Gasteiger partial charge in [0.2, 0.25) is 0 Å². The van der Waals surface area contributed by atoms with Crippen LogP contribution < -0.4 is 4.74 Å². The standard InChI is InChI=1S/C22H29NO5/c1-12(2)27-21(24)18-14(5)23-15(6)19(22(25)28-13(3)4)20(18)16-10-8-9-11-17(16)26-7/h8-13,18,20H,1-7H3. The van der Waals surface area contributed by atoms with Crippen LogP contribution in [0.2, 0.25) is 0 Å². The van der Waals surface area contributed by atoms with Crippen molar-refractivity contribution in [3.8, 4) is 5.75 Å². The van der Waals surface area contributed by atoms with Gasteiger partial charge in [-0.15, -0.1) is 0 Å². The van der Waals surface area contributed by atoms with E-state index in [1.807, 2.05) is 24.3 Å². The second-order valence-electron chi connectivity index (χ2n) is 7.39. The lowest BCUT2D eigenvalue weighted by molar-refractivity contribution is -0.150. The number of aliphatic imine (C=N–C) groups is 1. The van der Waals surface area contributed by atoms with Crippen molar-refractivity contribution in [2.75, 3.05) is 7.11 Å². The van der Waals surface area contributed by atoms with Gasteiger partial charge in [0.05, 0.1) is 24.9 Å². The second kappa shape index (κ2) is 9.04. The number of rotatable bonds is 6. The van der Waals surface area contributed by atoms with E-state index in [0.29, 0.717) is 22.7 Å². The Kier molecular flexibility index (Phi) is 7.00. The first kappa shape index (κ1) is 21.7. The van der Waals surface area contributed by atoms with Gasteiger partial charge in [-0.3, -0.25) is 9.79 Å². The Bertz CT molecular complexity index is 807. The molecule has 2 rings (SSSR count). The van der Waals surface area contributed by atoms with Gasteiger partial charge in [0.1, 0.15) is 11.7 Å². The monoisotopic (exact) mass is 387 g/mol. The normalized spacial score (nSPS) is 19.5. The molecule has 1 aliphatic heterocycles. The molecule has 0 radical (unpaired) electrons. The Balaban J connectivity index is 2.67. The molecule has 6 nitrogen and oxygen atoms in total. The molecular formula is C22H29NO5. The molecule has 1 aliphatic rings. The Morgan fingerprint density at radius 3 is 2.18 bits per heavy atom. The zero-order chi connectivity index (χ0) is 21.0. The maximum atomic E-state index is 13.0. The van der Waals surface area contributed by atoms with Crippen LogP contribution in [0.25, 0.3) is 0 Å². The topological polar surface area (TPSA) is 74.2 Å². The lowest BCUT2D eigenvalue weighted by Crippen LogP contribution is -2.37. The van der Waals surface area contributed by atoms with E-state index in [0.717, 1.165) is 5.56 Å². The van der Waals surface area contributed by atoms with Gasteiger partial charge in [0.25, 0.3) is 0 Å². The molecule has 0 aliphatic carbocycles. The Hall–Kier alpha value is -2.63. The maximum absolute atomic E-state index is 13.0. The van der Waals surface area contributed by atoms with E-state index in [4.69, 9.17) is 14.2 Å². The number of benzene rings is 1. The minimum atomic E-state index is -0.739. The van der Waals surface area contributed by atoms with Gasteiger partial charge in [0.15, 0.2) is 0 Å². The predicted octanol–water partition coefficient (Wildman–Crippen LogP) is 4.05. The summed E-state index contributed by atoms with van der Waals surface area (Å²) in [5.74, 6) is -1.66. The minimum absolute atomic E-state index is 0.281. The van der Waals surface area contributed by atoms with Crippen LogP contribution in [0.3, 0.4) is 0 Å². The highest BCUT2D eigenvalue weighted by Crippen LogP contribution is 2.43. The first-order valence-corrected chi connectivity index (χ1v) is 9.47. The summed E-state index contributed by atoms with van der Waals surface area (Å²) >= 11 is 0. The third kappa shape index (κ3) is 4.61. The molecule has 0 amide bonds. The third-order valence-electron chi connectivity index (χ3n) is 4.47. The molecule has 2 unspecified atom stereocenters. The summed E-state index contributed by atoms with van der Waals surface area (Å²) in [6, 6.07) is 7.36. The molecule has 0 saturated heterocycles. The van der Waals surface area contributed by atoms with Crippen LogP contribution in [-0.2, 0) is 19.1 Å². The van der Waals surface area contributed by atoms with Crippen molar-refractivity contribution in [2.24, 2.45) is 10.9 Å². The summed E-state index contributed by atoms with van der Waals surface area (Å²) in [4.78, 5) is 30.4. The summed E-state index contributed by atoms with van der Waals surface area (Å²) in [7, 11) is 1.56. The molecule has 6 heteroatoms. The molecule has 0 aromatic heterocycles. The number of methoxy groups -OCH3 is 1. The van der Waals surface area contributed by atoms with Crippen LogP contribution in [0.5, 0.6) is 5.75 Å². The smallest absolute Gasteiger partial charge is 0.336 e. The molecule has 0 fully saturated rings. The van der Waals surface area contributed by atoms with Gasteiger partial charge in [0, 0.05) is 22.9 Å². The number of para-hydroxylation sites is 1. The molecule has 152 valence electrons. The fraction of sp³-hybridized carbons (Fsp3) is 0.500. The molecule has 0 bridgehead atoms. The van der Waals surface area contributed by atoms with Gasteiger partial charge in [-0.2, -0.15) is 0 Å². The number of allylic oxidation sites excluding steroid dienone is 1. The first-order valence-electron chi connectivity index (χ1n) is 9.47. The first-order chi connectivity index (χ1) is 13.2. The molecule has 2 atom stereocenters. The van der Waals surface area contributed by atoms with E-state index in [1.54, 1.807) is 48.7 Å². The average Bonchev–Trinajstić information content (AvgIpc) is 2.59. The molecule has 1 heterocycles. The van der Waals surface area contributed by atoms with Crippen molar-refractivity contribution in [1.82, 2.24) is 0 Å². The Morgan fingerprint density at radius 1 is 1.00 bits per heavy atom. The fourth-order valence-electron chi connectivity index (χ4n) is 3.45. The van der Waals surface area contributed by atoms with E-state index >= 15 is 0 Å². The number of carbonyl (C=O) groups is 2. The number of ether oxygens (including phenoxy) is 3. The van der Waals surface area contributed by atoms with Crippen molar-refractivity contribution < 1.29 is 23.8 Å². The van der Waals surface area contributed by atoms with Crippen molar-refractivity contribution >= 4 is 17.7 Å².